The number of carbonyl (C=O) groups is 2. The number of nitrogens with zero attached hydrogens (tertiary/aromatic N) is 2. The van der Waals surface area contributed by atoms with Crippen LogP contribution in [0.4, 0.5) is 0 Å². The topological polar surface area (TPSA) is 63.0 Å². The summed E-state index contributed by atoms with van der Waals surface area (Å²) < 4.78 is 9.90. The first kappa shape index (κ1) is 16.5. The lowest BCUT2D eigenvalue weighted by molar-refractivity contribution is -0.141. The van der Waals surface area contributed by atoms with Gasteiger partial charge in [0.05, 0.1) is 13.4 Å². The molecule has 0 bridgehead atoms. The van der Waals surface area contributed by atoms with Gasteiger partial charge in [0, 0.05) is 43.7 Å². The van der Waals surface area contributed by atoms with E-state index in [9.17, 15) is 9.59 Å². The molecule has 0 atom stereocenters. The van der Waals surface area contributed by atoms with Gasteiger partial charge in [0.25, 0.3) is 0 Å². The van der Waals surface area contributed by atoms with Gasteiger partial charge in [0.2, 0.25) is 11.7 Å². The van der Waals surface area contributed by atoms with Crippen molar-refractivity contribution in [2.45, 2.75) is 27.3 Å². The van der Waals surface area contributed by atoms with E-state index < -0.39 is 5.97 Å². The minimum atomic E-state index is -0.457. The van der Waals surface area contributed by atoms with Crippen LogP contribution in [0.1, 0.15) is 36.9 Å². The van der Waals surface area contributed by atoms with Crippen LogP contribution >= 0.6 is 0 Å². The van der Waals surface area contributed by atoms with E-state index in [2.05, 4.69) is 4.90 Å². The van der Waals surface area contributed by atoms with Crippen LogP contribution in [0.2, 0.25) is 0 Å². The maximum Gasteiger partial charge on any atom is 0.374 e. The van der Waals surface area contributed by atoms with Gasteiger partial charge < -0.3 is 14.1 Å². The Morgan fingerprint density at radius 1 is 1.23 bits per heavy atom. The van der Waals surface area contributed by atoms with Crippen molar-refractivity contribution in [3.8, 4) is 0 Å². The molecule has 0 spiro atoms. The molecule has 0 saturated carbocycles. The molecule has 0 aromatic carbocycles. The molecule has 0 radical (unpaired) electrons. The zero-order valence-corrected chi connectivity index (χ0v) is 13.7. The molecule has 1 amide bonds. The lowest BCUT2D eigenvalue weighted by Crippen LogP contribution is -2.51. The standard InChI is InChI=1S/C16H24N2O4/c1-16(2,3)15(20)18-8-6-17(7-9-18)11-12-5-10-22-13(12)14(19)21-4/h5,10H,6-9,11H2,1-4H3. The van der Waals surface area contributed by atoms with Crippen molar-refractivity contribution >= 4 is 11.9 Å². The maximum absolute atomic E-state index is 12.3. The molecule has 2 rings (SSSR count). The van der Waals surface area contributed by atoms with Crippen LogP contribution in [0, 0.1) is 5.41 Å². The molecule has 1 aliphatic rings. The van der Waals surface area contributed by atoms with Gasteiger partial charge in [-0.05, 0) is 6.07 Å². The summed E-state index contributed by atoms with van der Waals surface area (Å²) in [5.41, 5.74) is 0.479. The van der Waals surface area contributed by atoms with E-state index in [-0.39, 0.29) is 17.1 Å². The Morgan fingerprint density at radius 3 is 2.41 bits per heavy atom. The zero-order valence-electron chi connectivity index (χ0n) is 13.7. The van der Waals surface area contributed by atoms with Gasteiger partial charge in [-0.2, -0.15) is 0 Å². The molecule has 1 saturated heterocycles. The highest BCUT2D eigenvalue weighted by Gasteiger charge is 2.30. The van der Waals surface area contributed by atoms with Crippen molar-refractivity contribution in [1.29, 1.82) is 0 Å². The molecule has 22 heavy (non-hydrogen) atoms. The summed E-state index contributed by atoms with van der Waals surface area (Å²) in [6.07, 6.45) is 1.50. The molecule has 1 aliphatic heterocycles. The number of esters is 1. The molecule has 2 heterocycles. The molecular weight excluding hydrogens is 284 g/mol. The lowest BCUT2D eigenvalue weighted by atomic mass is 9.94. The quantitative estimate of drug-likeness (QED) is 0.796. The van der Waals surface area contributed by atoms with Crippen LogP contribution in [0.25, 0.3) is 0 Å². The Balaban J connectivity index is 1.92. The number of amides is 1. The highest BCUT2D eigenvalue weighted by molar-refractivity contribution is 5.87. The number of hydrogen-bond donors (Lipinski definition) is 0. The fraction of sp³-hybridized carbons (Fsp3) is 0.625. The number of methoxy groups -OCH3 is 1. The number of carbonyl (C=O) groups excluding carboxylic acids is 2. The van der Waals surface area contributed by atoms with Crippen LogP contribution in [-0.4, -0.2) is 55.0 Å². The molecule has 0 aliphatic carbocycles. The minimum absolute atomic E-state index is 0.186. The Labute approximate surface area is 131 Å². The number of ether oxygens (including phenoxy) is 1. The fourth-order valence-electron chi connectivity index (χ4n) is 2.56. The van der Waals surface area contributed by atoms with Gasteiger partial charge in [-0.15, -0.1) is 0 Å². The van der Waals surface area contributed by atoms with Crippen LogP contribution in [0.5, 0.6) is 0 Å². The molecule has 6 heteroatoms. The summed E-state index contributed by atoms with van der Waals surface area (Å²) in [7, 11) is 1.34. The number of rotatable bonds is 3. The number of hydrogen-bond acceptors (Lipinski definition) is 5. The molecule has 122 valence electrons. The van der Waals surface area contributed by atoms with E-state index in [1.165, 1.54) is 13.4 Å². The first-order chi connectivity index (χ1) is 10.3. The van der Waals surface area contributed by atoms with E-state index in [0.717, 1.165) is 18.7 Å². The van der Waals surface area contributed by atoms with Crippen LogP contribution in [-0.2, 0) is 16.1 Å². The summed E-state index contributed by atoms with van der Waals surface area (Å²) in [5.74, 6) is -0.0112. The van der Waals surface area contributed by atoms with E-state index in [4.69, 9.17) is 9.15 Å². The first-order valence-corrected chi connectivity index (χ1v) is 7.49. The molecule has 1 fully saturated rings. The molecule has 1 aromatic heterocycles. The third-order valence-electron chi connectivity index (χ3n) is 3.81. The van der Waals surface area contributed by atoms with E-state index in [1.807, 2.05) is 25.7 Å². The average molecular weight is 308 g/mol. The van der Waals surface area contributed by atoms with E-state index in [1.54, 1.807) is 6.07 Å². The third-order valence-corrected chi connectivity index (χ3v) is 3.81. The van der Waals surface area contributed by atoms with Crippen molar-refractivity contribution in [2.75, 3.05) is 33.3 Å². The second-order valence-electron chi connectivity index (χ2n) is 6.58. The van der Waals surface area contributed by atoms with Crippen LogP contribution in [0.15, 0.2) is 16.7 Å². The Kier molecular flexibility index (Phi) is 4.90. The van der Waals surface area contributed by atoms with E-state index in [0.29, 0.717) is 19.6 Å². The van der Waals surface area contributed by atoms with E-state index >= 15 is 0 Å². The SMILES string of the molecule is COC(=O)c1occc1CN1CCN(C(=O)C(C)(C)C)CC1. The largest absolute Gasteiger partial charge is 0.463 e. The predicted molar refractivity (Wildman–Crippen MR) is 81.4 cm³/mol. The maximum atomic E-state index is 12.3. The highest BCUT2D eigenvalue weighted by atomic mass is 16.5. The molecule has 0 N–H and O–H groups in total. The van der Waals surface area contributed by atoms with Crippen molar-refractivity contribution in [3.05, 3.63) is 23.7 Å². The summed E-state index contributed by atoms with van der Waals surface area (Å²) in [4.78, 5) is 28.0. The zero-order chi connectivity index (χ0) is 16.3. The van der Waals surface area contributed by atoms with Crippen LogP contribution in [0.3, 0.4) is 0 Å². The van der Waals surface area contributed by atoms with Gasteiger partial charge in [-0.25, -0.2) is 4.79 Å². The Morgan fingerprint density at radius 2 is 1.86 bits per heavy atom. The van der Waals surface area contributed by atoms with Crippen molar-refractivity contribution in [2.24, 2.45) is 5.41 Å². The Hall–Kier alpha value is -1.82. The fourth-order valence-corrected chi connectivity index (χ4v) is 2.56. The monoisotopic (exact) mass is 308 g/mol. The minimum Gasteiger partial charge on any atom is -0.463 e. The van der Waals surface area contributed by atoms with Crippen molar-refractivity contribution in [1.82, 2.24) is 9.80 Å². The van der Waals surface area contributed by atoms with Gasteiger partial charge >= 0.3 is 5.97 Å². The van der Waals surface area contributed by atoms with Crippen molar-refractivity contribution in [3.63, 3.8) is 0 Å². The van der Waals surface area contributed by atoms with Crippen molar-refractivity contribution < 1.29 is 18.7 Å². The van der Waals surface area contributed by atoms with Gasteiger partial charge in [-0.3, -0.25) is 9.69 Å². The predicted octanol–water partition coefficient (Wildman–Crippen LogP) is 1.76. The smallest absolute Gasteiger partial charge is 0.374 e. The molecule has 0 unspecified atom stereocenters. The Bertz CT molecular complexity index is 537. The highest BCUT2D eigenvalue weighted by Crippen LogP contribution is 2.20. The second kappa shape index (κ2) is 6.52. The summed E-state index contributed by atoms with van der Waals surface area (Å²) in [6.45, 7) is 9.43. The summed E-state index contributed by atoms with van der Waals surface area (Å²) >= 11 is 0. The lowest BCUT2D eigenvalue weighted by Gasteiger charge is -2.37. The number of furan rings is 1. The van der Waals surface area contributed by atoms with Crippen LogP contribution < -0.4 is 0 Å². The van der Waals surface area contributed by atoms with Gasteiger partial charge in [0.15, 0.2) is 0 Å². The average Bonchev–Trinajstić information content (AvgIpc) is 2.93. The molecular formula is C16H24N2O4. The first-order valence-electron chi connectivity index (χ1n) is 7.49. The normalized spacial score (nSPS) is 16.6. The number of piperazine rings is 1. The second-order valence-corrected chi connectivity index (χ2v) is 6.58. The van der Waals surface area contributed by atoms with Gasteiger partial charge in [-0.1, -0.05) is 20.8 Å². The summed E-state index contributed by atoms with van der Waals surface area (Å²) in [6, 6.07) is 1.79. The molecule has 1 aromatic rings. The molecule has 6 nitrogen and oxygen atoms in total. The third kappa shape index (κ3) is 3.68. The van der Waals surface area contributed by atoms with Gasteiger partial charge in [0.1, 0.15) is 0 Å². The summed E-state index contributed by atoms with van der Waals surface area (Å²) in [5, 5.41) is 0.